The number of benzene rings is 1. The maximum Gasteiger partial charge on any atom is 0.246 e. The van der Waals surface area contributed by atoms with E-state index in [2.05, 4.69) is 24.9 Å². The Kier molecular flexibility index (Phi) is 7.27. The third kappa shape index (κ3) is 5.12. The summed E-state index contributed by atoms with van der Waals surface area (Å²) >= 11 is 0. The van der Waals surface area contributed by atoms with E-state index in [1.54, 1.807) is 39.6 Å². The second-order valence-electron chi connectivity index (χ2n) is 8.54. The first-order valence-corrected chi connectivity index (χ1v) is 12.8. The Morgan fingerprint density at radius 1 is 1.06 bits per heavy atom. The predicted molar refractivity (Wildman–Crippen MR) is 132 cm³/mol. The number of likely N-dealkylation sites (N-methyl/N-ethyl adjacent to an activating group) is 1. The summed E-state index contributed by atoms with van der Waals surface area (Å²) in [5.41, 5.74) is 9.19. The number of sulfonamides is 1. The minimum Gasteiger partial charge on any atom is -0.352 e. The van der Waals surface area contributed by atoms with Crippen LogP contribution in [0.2, 0.25) is 0 Å². The molecule has 3 heterocycles. The number of hydrogen-bond acceptors (Lipinski definition) is 8. The number of hydrogen-bond donors (Lipinski definition) is 1. The second-order valence-corrected chi connectivity index (χ2v) is 10.6. The molecule has 4 rings (SSSR count). The maximum absolute atomic E-state index is 12.9. The van der Waals surface area contributed by atoms with Crippen molar-refractivity contribution in [3.05, 3.63) is 54.1 Å². The number of piperazine rings is 1. The van der Waals surface area contributed by atoms with Crippen LogP contribution in [0.4, 0.5) is 5.82 Å². The first-order valence-electron chi connectivity index (χ1n) is 11.3. The molecule has 3 aromatic rings. The highest BCUT2D eigenvalue weighted by Gasteiger charge is 2.26. The molecule has 2 aromatic heterocycles. The van der Waals surface area contributed by atoms with E-state index >= 15 is 0 Å². The van der Waals surface area contributed by atoms with Crippen LogP contribution in [-0.4, -0.2) is 83.7 Å². The van der Waals surface area contributed by atoms with Crippen molar-refractivity contribution in [3.63, 3.8) is 0 Å². The molecule has 0 saturated carbocycles. The van der Waals surface area contributed by atoms with E-state index in [4.69, 9.17) is 5.73 Å². The molecule has 0 aliphatic carbocycles. The zero-order chi connectivity index (χ0) is 24.3. The van der Waals surface area contributed by atoms with Crippen LogP contribution in [0.5, 0.6) is 0 Å². The molecule has 0 atom stereocenters. The first kappa shape index (κ1) is 24.3. The van der Waals surface area contributed by atoms with E-state index in [0.717, 1.165) is 48.8 Å². The number of aromatic nitrogens is 4. The number of nitrogens with zero attached hydrogens (tertiary/aromatic N) is 7. The van der Waals surface area contributed by atoms with Crippen LogP contribution in [0.25, 0.3) is 11.3 Å². The molecule has 11 heteroatoms. The fourth-order valence-corrected chi connectivity index (χ4v) is 5.51. The Balaban J connectivity index is 1.36. The zero-order valence-electron chi connectivity index (χ0n) is 19.9. The standard InChI is InChI=1S/C23H32N8O2S/c1-18-21(17-28(2)27-18)34(32,33)29(3)10-11-30-12-14-31(15-13-30)23-22(25-8-9-26-23)20-6-4-19(16-24)5-7-20/h4-9,17H,10-16,24H2,1-3H3. The first-order chi connectivity index (χ1) is 16.3. The van der Waals surface area contributed by atoms with Gasteiger partial charge in [0.2, 0.25) is 10.0 Å². The maximum atomic E-state index is 12.9. The summed E-state index contributed by atoms with van der Waals surface area (Å²) in [6.07, 6.45) is 4.99. The molecule has 0 radical (unpaired) electrons. The lowest BCUT2D eigenvalue weighted by Gasteiger charge is -2.36. The van der Waals surface area contributed by atoms with Crippen molar-refractivity contribution in [2.24, 2.45) is 12.8 Å². The largest absolute Gasteiger partial charge is 0.352 e. The smallest absolute Gasteiger partial charge is 0.246 e. The highest BCUT2D eigenvalue weighted by Crippen LogP contribution is 2.27. The molecular formula is C23H32N8O2S. The number of rotatable bonds is 8. The number of nitrogens with two attached hydrogens (primary N) is 1. The lowest BCUT2D eigenvalue weighted by Crippen LogP contribution is -2.49. The Morgan fingerprint density at radius 2 is 1.74 bits per heavy atom. The SMILES string of the molecule is Cc1nn(C)cc1S(=O)(=O)N(C)CCN1CCN(c2nccnc2-c2ccc(CN)cc2)CC1. The van der Waals surface area contributed by atoms with Crippen LogP contribution >= 0.6 is 0 Å². The molecule has 1 aliphatic rings. The van der Waals surface area contributed by atoms with Crippen molar-refractivity contribution in [2.75, 3.05) is 51.2 Å². The van der Waals surface area contributed by atoms with Gasteiger partial charge >= 0.3 is 0 Å². The van der Waals surface area contributed by atoms with Crippen LogP contribution in [0.1, 0.15) is 11.3 Å². The molecule has 182 valence electrons. The Hall–Kier alpha value is -2.86. The van der Waals surface area contributed by atoms with Crippen molar-refractivity contribution >= 4 is 15.8 Å². The van der Waals surface area contributed by atoms with Crippen LogP contribution in [0.3, 0.4) is 0 Å². The van der Waals surface area contributed by atoms with Gasteiger partial charge in [-0.3, -0.25) is 14.6 Å². The van der Waals surface area contributed by atoms with Gasteiger partial charge in [-0.05, 0) is 12.5 Å². The molecule has 1 fully saturated rings. The fraction of sp³-hybridized carbons (Fsp3) is 0.435. The Labute approximate surface area is 201 Å². The van der Waals surface area contributed by atoms with E-state index < -0.39 is 10.0 Å². The lowest BCUT2D eigenvalue weighted by molar-refractivity contribution is 0.243. The molecule has 34 heavy (non-hydrogen) atoms. The summed E-state index contributed by atoms with van der Waals surface area (Å²) in [5.74, 6) is 0.870. The third-order valence-electron chi connectivity index (χ3n) is 6.20. The van der Waals surface area contributed by atoms with Crippen molar-refractivity contribution in [3.8, 4) is 11.3 Å². The summed E-state index contributed by atoms with van der Waals surface area (Å²) in [5, 5.41) is 4.16. The van der Waals surface area contributed by atoms with Crippen molar-refractivity contribution in [1.29, 1.82) is 0 Å². The van der Waals surface area contributed by atoms with Crippen LogP contribution in [-0.2, 0) is 23.6 Å². The normalized spacial score (nSPS) is 15.3. The molecule has 2 N–H and O–H groups in total. The summed E-state index contributed by atoms with van der Waals surface area (Å²) in [7, 11) is -0.208. The van der Waals surface area contributed by atoms with E-state index in [0.29, 0.717) is 25.3 Å². The van der Waals surface area contributed by atoms with Crippen LogP contribution in [0, 0.1) is 6.92 Å². The monoisotopic (exact) mass is 484 g/mol. The molecular weight excluding hydrogens is 452 g/mol. The van der Waals surface area contributed by atoms with Crippen molar-refractivity contribution in [1.82, 2.24) is 29.0 Å². The van der Waals surface area contributed by atoms with E-state index in [1.165, 1.54) is 8.99 Å². The molecule has 1 aromatic carbocycles. The average Bonchev–Trinajstić information content (AvgIpc) is 3.21. The topological polar surface area (TPSA) is 113 Å². The van der Waals surface area contributed by atoms with Gasteiger partial charge in [-0.15, -0.1) is 0 Å². The van der Waals surface area contributed by atoms with Gasteiger partial charge < -0.3 is 10.6 Å². The predicted octanol–water partition coefficient (Wildman–Crippen LogP) is 1.09. The molecule has 10 nitrogen and oxygen atoms in total. The van der Waals surface area contributed by atoms with Gasteiger partial charge in [-0.2, -0.15) is 9.40 Å². The lowest BCUT2D eigenvalue weighted by atomic mass is 10.1. The van der Waals surface area contributed by atoms with Gasteiger partial charge in [0.25, 0.3) is 0 Å². The molecule has 1 aliphatic heterocycles. The molecule has 0 spiro atoms. The number of aryl methyl sites for hydroxylation is 2. The number of anilines is 1. The van der Waals surface area contributed by atoms with Crippen LogP contribution in [0.15, 0.2) is 47.8 Å². The van der Waals surface area contributed by atoms with Gasteiger partial charge in [-0.25, -0.2) is 13.4 Å². The quantitative estimate of drug-likeness (QED) is 0.505. The zero-order valence-corrected chi connectivity index (χ0v) is 20.7. The van der Waals surface area contributed by atoms with Gasteiger partial charge in [-0.1, -0.05) is 24.3 Å². The fourth-order valence-electron chi connectivity index (χ4n) is 4.15. The van der Waals surface area contributed by atoms with Gasteiger partial charge in [0.15, 0.2) is 5.82 Å². The van der Waals surface area contributed by atoms with E-state index in [1.807, 2.05) is 24.3 Å². The van der Waals surface area contributed by atoms with Gasteiger partial charge in [0.1, 0.15) is 10.6 Å². The molecule has 0 unspecified atom stereocenters. The highest BCUT2D eigenvalue weighted by molar-refractivity contribution is 7.89. The Bertz CT molecular complexity index is 1220. The third-order valence-corrected chi connectivity index (χ3v) is 8.16. The highest BCUT2D eigenvalue weighted by atomic mass is 32.2. The van der Waals surface area contributed by atoms with Crippen molar-refractivity contribution in [2.45, 2.75) is 18.4 Å². The molecule has 0 bridgehead atoms. The second kappa shape index (κ2) is 10.2. The summed E-state index contributed by atoms with van der Waals surface area (Å²) < 4.78 is 28.8. The molecule has 1 saturated heterocycles. The minimum absolute atomic E-state index is 0.261. The van der Waals surface area contributed by atoms with Crippen LogP contribution < -0.4 is 10.6 Å². The Morgan fingerprint density at radius 3 is 2.35 bits per heavy atom. The molecule has 0 amide bonds. The average molecular weight is 485 g/mol. The summed E-state index contributed by atoms with van der Waals surface area (Å²) in [6.45, 7) is 6.54. The van der Waals surface area contributed by atoms with E-state index in [-0.39, 0.29) is 4.90 Å². The van der Waals surface area contributed by atoms with E-state index in [9.17, 15) is 8.42 Å². The van der Waals surface area contributed by atoms with Gasteiger partial charge in [0.05, 0.1) is 5.69 Å². The van der Waals surface area contributed by atoms with Crippen molar-refractivity contribution < 1.29 is 8.42 Å². The summed E-state index contributed by atoms with van der Waals surface area (Å²) in [4.78, 5) is 14.0. The summed E-state index contributed by atoms with van der Waals surface area (Å²) in [6, 6.07) is 8.10. The minimum atomic E-state index is -3.56. The van der Waals surface area contributed by atoms with Gasteiger partial charge in [0, 0.05) is 84.1 Å².